The van der Waals surface area contributed by atoms with Gasteiger partial charge in [0.25, 0.3) is 0 Å². The van der Waals surface area contributed by atoms with Gasteiger partial charge >= 0.3 is 5.97 Å². The summed E-state index contributed by atoms with van der Waals surface area (Å²) in [4.78, 5) is 10.8. The Morgan fingerprint density at radius 1 is 1.33 bits per heavy atom. The molecule has 0 saturated heterocycles. The molecule has 0 bridgehead atoms. The van der Waals surface area contributed by atoms with Gasteiger partial charge in [0, 0.05) is 18.1 Å². The summed E-state index contributed by atoms with van der Waals surface area (Å²) < 4.78 is 29.7. The van der Waals surface area contributed by atoms with Crippen LogP contribution in [0.15, 0.2) is 16.7 Å². The van der Waals surface area contributed by atoms with E-state index in [4.69, 9.17) is 26.2 Å². The minimum Gasteiger partial charge on any atom is -0.489 e. The van der Waals surface area contributed by atoms with Gasteiger partial charge in [-0.3, -0.25) is 0 Å². The first-order chi connectivity index (χ1) is 10.1. The van der Waals surface area contributed by atoms with Gasteiger partial charge < -0.3 is 19.1 Å². The van der Waals surface area contributed by atoms with Crippen molar-refractivity contribution in [2.45, 2.75) is 6.42 Å². The molecule has 1 aromatic carbocycles. The molecule has 0 atom stereocenters. The molecule has 8 heteroatoms. The Labute approximate surface area is 123 Å². The van der Waals surface area contributed by atoms with Crippen LogP contribution >= 0.6 is 11.6 Å². The molecular formula is C13H9ClFNO5. The SMILES string of the molecule is O=C(O)c1cc(-c2cc3c(c(Cl)c2F)OCCCO3)no1. The van der Waals surface area contributed by atoms with Crippen LogP contribution in [-0.2, 0) is 0 Å². The second kappa shape index (κ2) is 5.25. The predicted octanol–water partition coefficient (Wildman–Crippen LogP) is 2.99. The van der Waals surface area contributed by atoms with E-state index in [1.807, 2.05) is 0 Å². The Morgan fingerprint density at radius 2 is 2.10 bits per heavy atom. The van der Waals surface area contributed by atoms with Crippen LogP contribution < -0.4 is 9.47 Å². The Balaban J connectivity index is 2.12. The summed E-state index contributed by atoms with van der Waals surface area (Å²) in [7, 11) is 0. The first-order valence-corrected chi connectivity index (χ1v) is 6.43. The number of aromatic carboxylic acids is 1. The summed E-state index contributed by atoms with van der Waals surface area (Å²) in [6, 6.07) is 2.48. The van der Waals surface area contributed by atoms with E-state index >= 15 is 0 Å². The standard InChI is InChI=1S/C13H9ClFNO5/c14-10-11(15)6(7-5-9(13(17)18)21-16-7)4-8-12(10)20-3-1-2-19-8/h4-5H,1-3H2,(H,17,18). The highest BCUT2D eigenvalue weighted by atomic mass is 35.5. The van der Waals surface area contributed by atoms with Crippen molar-refractivity contribution in [1.82, 2.24) is 5.16 Å². The lowest BCUT2D eigenvalue weighted by atomic mass is 10.1. The normalized spacial score (nSPS) is 13.8. The molecule has 3 rings (SSSR count). The minimum atomic E-state index is -1.30. The van der Waals surface area contributed by atoms with Gasteiger partial charge in [0.1, 0.15) is 10.7 Å². The smallest absolute Gasteiger partial charge is 0.374 e. The van der Waals surface area contributed by atoms with Crippen LogP contribution in [0.1, 0.15) is 17.0 Å². The second-order valence-corrected chi connectivity index (χ2v) is 4.69. The van der Waals surface area contributed by atoms with E-state index in [1.165, 1.54) is 6.07 Å². The molecule has 21 heavy (non-hydrogen) atoms. The summed E-state index contributed by atoms with van der Waals surface area (Å²) in [6.07, 6.45) is 0.648. The minimum absolute atomic E-state index is 0.0134. The summed E-state index contributed by atoms with van der Waals surface area (Å²) in [5.74, 6) is -2.04. The molecule has 0 radical (unpaired) electrons. The maximum atomic E-state index is 14.3. The van der Waals surface area contributed by atoms with Crippen LogP contribution in [0.4, 0.5) is 4.39 Å². The quantitative estimate of drug-likeness (QED) is 0.917. The highest BCUT2D eigenvalue weighted by Gasteiger charge is 2.24. The van der Waals surface area contributed by atoms with Crippen LogP contribution in [0, 0.1) is 5.82 Å². The van der Waals surface area contributed by atoms with Gasteiger partial charge in [0.15, 0.2) is 17.3 Å². The topological polar surface area (TPSA) is 81.8 Å². The fourth-order valence-electron chi connectivity index (χ4n) is 1.93. The van der Waals surface area contributed by atoms with E-state index in [0.717, 1.165) is 6.07 Å². The van der Waals surface area contributed by atoms with Crippen molar-refractivity contribution in [3.63, 3.8) is 0 Å². The van der Waals surface area contributed by atoms with Crippen molar-refractivity contribution in [2.75, 3.05) is 13.2 Å². The lowest BCUT2D eigenvalue weighted by Crippen LogP contribution is -1.97. The zero-order valence-corrected chi connectivity index (χ0v) is 11.3. The number of carboxylic acids is 1. The number of carboxylic acid groups (broad SMARTS) is 1. The van der Waals surface area contributed by atoms with Gasteiger partial charge in [-0.1, -0.05) is 16.8 Å². The summed E-state index contributed by atoms with van der Waals surface area (Å²) in [5, 5.41) is 12.1. The number of halogens is 2. The van der Waals surface area contributed by atoms with Gasteiger partial charge in [0.2, 0.25) is 5.76 Å². The van der Waals surface area contributed by atoms with Gasteiger partial charge in [-0.15, -0.1) is 0 Å². The molecule has 0 fully saturated rings. The van der Waals surface area contributed by atoms with Crippen LogP contribution in [0.5, 0.6) is 11.5 Å². The van der Waals surface area contributed by atoms with E-state index in [9.17, 15) is 9.18 Å². The van der Waals surface area contributed by atoms with Crippen molar-refractivity contribution in [3.05, 3.63) is 28.7 Å². The Morgan fingerprint density at radius 3 is 2.81 bits per heavy atom. The maximum absolute atomic E-state index is 14.3. The molecule has 1 aromatic heterocycles. The van der Waals surface area contributed by atoms with E-state index in [1.54, 1.807) is 0 Å². The first kappa shape index (κ1) is 13.7. The molecular weight excluding hydrogens is 305 g/mol. The third-order valence-corrected chi connectivity index (χ3v) is 3.25. The second-order valence-electron chi connectivity index (χ2n) is 4.31. The molecule has 110 valence electrons. The van der Waals surface area contributed by atoms with E-state index < -0.39 is 17.5 Å². The van der Waals surface area contributed by atoms with Crippen molar-refractivity contribution < 1.29 is 28.3 Å². The number of hydrogen-bond acceptors (Lipinski definition) is 5. The highest BCUT2D eigenvalue weighted by Crippen LogP contribution is 2.43. The molecule has 0 saturated carbocycles. The summed E-state index contributed by atoms with van der Waals surface area (Å²) >= 11 is 5.95. The monoisotopic (exact) mass is 313 g/mol. The fraction of sp³-hybridized carbons (Fsp3) is 0.231. The number of benzene rings is 1. The number of nitrogens with zero attached hydrogens (tertiary/aromatic N) is 1. The lowest BCUT2D eigenvalue weighted by Gasteiger charge is -2.11. The van der Waals surface area contributed by atoms with Crippen LogP contribution in [0.3, 0.4) is 0 Å². The van der Waals surface area contributed by atoms with Crippen LogP contribution in [0.2, 0.25) is 5.02 Å². The maximum Gasteiger partial charge on any atom is 0.374 e. The van der Waals surface area contributed by atoms with Crippen molar-refractivity contribution in [3.8, 4) is 22.8 Å². The third kappa shape index (κ3) is 2.40. The molecule has 1 aliphatic rings. The zero-order valence-electron chi connectivity index (χ0n) is 10.6. The highest BCUT2D eigenvalue weighted by molar-refractivity contribution is 6.32. The third-order valence-electron chi connectivity index (χ3n) is 2.92. The summed E-state index contributed by atoms with van der Waals surface area (Å²) in [5.41, 5.74) is 0.00273. The number of aromatic nitrogens is 1. The van der Waals surface area contributed by atoms with Crippen LogP contribution in [0.25, 0.3) is 11.3 Å². The number of rotatable bonds is 2. The van der Waals surface area contributed by atoms with Gasteiger partial charge in [-0.05, 0) is 6.07 Å². The van der Waals surface area contributed by atoms with Crippen molar-refractivity contribution >= 4 is 17.6 Å². The molecule has 0 amide bonds. The molecule has 6 nitrogen and oxygen atoms in total. The molecule has 0 spiro atoms. The first-order valence-electron chi connectivity index (χ1n) is 6.06. The molecule has 1 N–H and O–H groups in total. The Bertz CT molecular complexity index is 715. The largest absolute Gasteiger partial charge is 0.489 e. The zero-order chi connectivity index (χ0) is 15.0. The molecule has 0 aliphatic carbocycles. The summed E-state index contributed by atoms with van der Waals surface area (Å²) in [6.45, 7) is 0.784. The molecule has 2 heterocycles. The van der Waals surface area contributed by atoms with Gasteiger partial charge in [0.05, 0.1) is 13.2 Å². The van der Waals surface area contributed by atoms with Gasteiger partial charge in [-0.25, -0.2) is 9.18 Å². The Hall–Kier alpha value is -2.28. The van der Waals surface area contributed by atoms with E-state index in [0.29, 0.717) is 19.6 Å². The van der Waals surface area contributed by atoms with E-state index in [2.05, 4.69) is 9.68 Å². The number of carbonyl (C=O) groups is 1. The predicted molar refractivity (Wildman–Crippen MR) is 69.5 cm³/mol. The number of hydrogen-bond donors (Lipinski definition) is 1. The van der Waals surface area contributed by atoms with Crippen molar-refractivity contribution in [1.29, 1.82) is 0 Å². The molecule has 0 unspecified atom stereocenters. The lowest BCUT2D eigenvalue weighted by molar-refractivity contribution is 0.0652. The average molecular weight is 314 g/mol. The molecule has 2 aromatic rings. The average Bonchev–Trinajstić information content (AvgIpc) is 2.83. The van der Waals surface area contributed by atoms with Crippen LogP contribution in [-0.4, -0.2) is 29.4 Å². The fourth-order valence-corrected chi connectivity index (χ4v) is 2.18. The number of fused-ring (bicyclic) bond motifs is 1. The van der Waals surface area contributed by atoms with Gasteiger partial charge in [-0.2, -0.15) is 0 Å². The Kier molecular flexibility index (Phi) is 3.42. The number of ether oxygens (including phenoxy) is 2. The van der Waals surface area contributed by atoms with Crippen molar-refractivity contribution in [2.24, 2.45) is 0 Å². The molecule has 1 aliphatic heterocycles. The van der Waals surface area contributed by atoms with E-state index in [-0.39, 0.29) is 27.8 Å².